The third-order valence-corrected chi connectivity index (χ3v) is 3.74. The lowest BCUT2D eigenvalue weighted by Crippen LogP contribution is -2.38. The molecule has 3 heteroatoms. The van der Waals surface area contributed by atoms with Gasteiger partial charge in [-0.3, -0.25) is 4.79 Å². The van der Waals surface area contributed by atoms with Crippen molar-refractivity contribution in [3.05, 3.63) is 35.9 Å². The molecule has 1 rings (SSSR count). The van der Waals surface area contributed by atoms with E-state index in [-0.39, 0.29) is 17.9 Å². The summed E-state index contributed by atoms with van der Waals surface area (Å²) >= 11 is 0. The van der Waals surface area contributed by atoms with Crippen molar-refractivity contribution in [2.75, 3.05) is 6.54 Å². The molecule has 0 fully saturated rings. The molecular formula is C18H30N2O. The summed E-state index contributed by atoms with van der Waals surface area (Å²) < 4.78 is 0. The molecular weight excluding hydrogens is 260 g/mol. The average molecular weight is 290 g/mol. The normalized spacial score (nSPS) is 12.7. The first-order valence-corrected chi connectivity index (χ1v) is 7.97. The average Bonchev–Trinajstić information content (AvgIpc) is 2.44. The number of rotatable bonds is 8. The molecule has 0 saturated heterocycles. The van der Waals surface area contributed by atoms with Gasteiger partial charge in [-0.1, -0.05) is 44.2 Å². The zero-order valence-corrected chi connectivity index (χ0v) is 13.9. The zero-order valence-electron chi connectivity index (χ0n) is 13.9. The second-order valence-electron chi connectivity index (χ2n) is 6.54. The van der Waals surface area contributed by atoms with Gasteiger partial charge in [0.15, 0.2) is 0 Å². The molecule has 0 aromatic heterocycles. The molecule has 21 heavy (non-hydrogen) atoms. The van der Waals surface area contributed by atoms with E-state index in [0.29, 0.717) is 25.4 Å². The molecule has 0 aliphatic rings. The molecule has 0 aliphatic heterocycles. The van der Waals surface area contributed by atoms with Crippen LogP contribution in [-0.4, -0.2) is 23.4 Å². The third-order valence-electron chi connectivity index (χ3n) is 3.74. The Morgan fingerprint density at radius 2 is 1.76 bits per heavy atom. The van der Waals surface area contributed by atoms with E-state index in [1.165, 1.54) is 5.56 Å². The summed E-state index contributed by atoms with van der Waals surface area (Å²) in [5.41, 5.74) is 7.00. The summed E-state index contributed by atoms with van der Waals surface area (Å²) in [4.78, 5) is 14.6. The monoisotopic (exact) mass is 290 g/mol. The minimum atomic E-state index is 0.204. The molecule has 0 bridgehead atoms. The Labute approximate surface area is 129 Å². The number of nitrogens with two attached hydrogens (primary N) is 1. The molecule has 0 heterocycles. The molecule has 0 saturated carbocycles. The van der Waals surface area contributed by atoms with E-state index in [1.807, 2.05) is 23.1 Å². The lowest BCUT2D eigenvalue weighted by atomic mass is 9.93. The van der Waals surface area contributed by atoms with Gasteiger partial charge in [0.1, 0.15) is 0 Å². The number of carbonyl (C=O) groups is 1. The molecule has 1 aromatic rings. The van der Waals surface area contributed by atoms with Gasteiger partial charge in [0.25, 0.3) is 0 Å². The first-order valence-electron chi connectivity index (χ1n) is 7.97. The predicted octanol–water partition coefficient (Wildman–Crippen LogP) is 3.43. The maximum Gasteiger partial charge on any atom is 0.223 e. The van der Waals surface area contributed by atoms with E-state index in [0.717, 1.165) is 6.42 Å². The van der Waals surface area contributed by atoms with Crippen LogP contribution in [0, 0.1) is 11.8 Å². The summed E-state index contributed by atoms with van der Waals surface area (Å²) in [5, 5.41) is 0. The Balaban J connectivity index is 2.69. The van der Waals surface area contributed by atoms with Gasteiger partial charge in [-0.05, 0) is 44.2 Å². The van der Waals surface area contributed by atoms with Gasteiger partial charge in [-0.2, -0.15) is 0 Å². The number of nitrogens with zero attached hydrogens (tertiary/aromatic N) is 1. The van der Waals surface area contributed by atoms with Crippen LogP contribution in [0.3, 0.4) is 0 Å². The van der Waals surface area contributed by atoms with Crippen LogP contribution in [0.5, 0.6) is 0 Å². The second-order valence-corrected chi connectivity index (χ2v) is 6.54. The summed E-state index contributed by atoms with van der Waals surface area (Å²) in [7, 11) is 0. The van der Waals surface area contributed by atoms with Crippen molar-refractivity contribution in [3.8, 4) is 0 Å². The smallest absolute Gasteiger partial charge is 0.223 e. The van der Waals surface area contributed by atoms with E-state index >= 15 is 0 Å². The number of carbonyl (C=O) groups excluding carboxylic acids is 1. The molecule has 0 radical (unpaired) electrons. The molecule has 0 spiro atoms. The minimum Gasteiger partial charge on any atom is -0.336 e. The predicted molar refractivity (Wildman–Crippen MR) is 88.7 cm³/mol. The fourth-order valence-corrected chi connectivity index (χ4v) is 2.63. The first kappa shape index (κ1) is 17.7. The maximum atomic E-state index is 12.6. The van der Waals surface area contributed by atoms with Crippen molar-refractivity contribution in [2.24, 2.45) is 17.6 Å². The fourth-order valence-electron chi connectivity index (χ4n) is 2.63. The number of benzene rings is 1. The van der Waals surface area contributed by atoms with Gasteiger partial charge in [-0.25, -0.2) is 0 Å². The third kappa shape index (κ3) is 6.30. The zero-order chi connectivity index (χ0) is 15.8. The van der Waals surface area contributed by atoms with Crippen molar-refractivity contribution in [3.63, 3.8) is 0 Å². The van der Waals surface area contributed by atoms with E-state index in [4.69, 9.17) is 5.73 Å². The van der Waals surface area contributed by atoms with Crippen LogP contribution in [0.15, 0.2) is 30.3 Å². The highest BCUT2D eigenvalue weighted by Crippen LogP contribution is 2.18. The molecule has 1 unspecified atom stereocenters. The quantitative estimate of drug-likeness (QED) is 0.797. The molecule has 1 aromatic carbocycles. The van der Waals surface area contributed by atoms with E-state index < -0.39 is 0 Å². The van der Waals surface area contributed by atoms with E-state index in [2.05, 4.69) is 39.8 Å². The van der Waals surface area contributed by atoms with Gasteiger partial charge >= 0.3 is 0 Å². The fraction of sp³-hybridized carbons (Fsp3) is 0.611. The van der Waals surface area contributed by atoms with Gasteiger partial charge in [-0.15, -0.1) is 0 Å². The van der Waals surface area contributed by atoms with E-state index in [1.54, 1.807) is 0 Å². The van der Waals surface area contributed by atoms with Gasteiger partial charge in [0.05, 0.1) is 0 Å². The van der Waals surface area contributed by atoms with Gasteiger partial charge in [0.2, 0.25) is 5.91 Å². The van der Waals surface area contributed by atoms with Crippen LogP contribution in [-0.2, 0) is 11.3 Å². The SMILES string of the molecule is CC(C)CC(CN)CC(=O)N(Cc1ccccc1)C(C)C. The molecule has 1 amide bonds. The maximum absolute atomic E-state index is 12.6. The van der Waals surface area contributed by atoms with Crippen LogP contribution in [0.2, 0.25) is 0 Å². The second kappa shape index (κ2) is 8.83. The largest absolute Gasteiger partial charge is 0.336 e. The van der Waals surface area contributed by atoms with Crippen molar-refractivity contribution in [2.45, 2.75) is 53.1 Å². The van der Waals surface area contributed by atoms with Gasteiger partial charge < -0.3 is 10.6 Å². The van der Waals surface area contributed by atoms with Crippen LogP contribution in [0.25, 0.3) is 0 Å². The Kier molecular flexibility index (Phi) is 7.44. The summed E-state index contributed by atoms with van der Waals surface area (Å²) in [6.45, 7) is 9.76. The highest BCUT2D eigenvalue weighted by molar-refractivity contribution is 5.76. The number of hydrogen-bond donors (Lipinski definition) is 1. The topological polar surface area (TPSA) is 46.3 Å². The molecule has 0 aliphatic carbocycles. The first-order chi connectivity index (χ1) is 9.93. The molecule has 118 valence electrons. The van der Waals surface area contributed by atoms with Crippen molar-refractivity contribution in [1.29, 1.82) is 0 Å². The van der Waals surface area contributed by atoms with Crippen LogP contribution in [0.1, 0.15) is 46.1 Å². The van der Waals surface area contributed by atoms with Crippen LogP contribution in [0.4, 0.5) is 0 Å². The van der Waals surface area contributed by atoms with Crippen molar-refractivity contribution < 1.29 is 4.79 Å². The van der Waals surface area contributed by atoms with E-state index in [9.17, 15) is 4.79 Å². The Hall–Kier alpha value is -1.35. The minimum absolute atomic E-state index is 0.204. The number of hydrogen-bond acceptors (Lipinski definition) is 2. The van der Waals surface area contributed by atoms with Crippen LogP contribution >= 0.6 is 0 Å². The molecule has 2 N–H and O–H groups in total. The standard InChI is InChI=1S/C18H30N2O/c1-14(2)10-17(12-19)11-18(21)20(15(3)4)13-16-8-6-5-7-9-16/h5-9,14-15,17H,10-13,19H2,1-4H3. The summed E-state index contributed by atoms with van der Waals surface area (Å²) in [5.74, 6) is 1.08. The Bertz CT molecular complexity index is 414. The highest BCUT2D eigenvalue weighted by atomic mass is 16.2. The summed E-state index contributed by atoms with van der Waals surface area (Å²) in [6, 6.07) is 10.4. The molecule has 3 nitrogen and oxygen atoms in total. The van der Waals surface area contributed by atoms with Crippen LogP contribution < -0.4 is 5.73 Å². The summed E-state index contributed by atoms with van der Waals surface area (Å²) in [6.07, 6.45) is 1.57. The Morgan fingerprint density at radius 1 is 1.14 bits per heavy atom. The number of amides is 1. The highest BCUT2D eigenvalue weighted by Gasteiger charge is 2.21. The van der Waals surface area contributed by atoms with Gasteiger partial charge in [0, 0.05) is 19.0 Å². The van der Waals surface area contributed by atoms with Crippen molar-refractivity contribution in [1.82, 2.24) is 4.90 Å². The van der Waals surface area contributed by atoms with Crippen molar-refractivity contribution >= 4 is 5.91 Å². The lowest BCUT2D eigenvalue weighted by Gasteiger charge is -2.29. The lowest BCUT2D eigenvalue weighted by molar-refractivity contribution is -0.134. The molecule has 1 atom stereocenters. The Morgan fingerprint density at radius 3 is 2.24 bits per heavy atom.